The Labute approximate surface area is 158 Å². The van der Waals surface area contributed by atoms with Crippen LogP contribution in [0, 0.1) is 20.8 Å². The lowest BCUT2D eigenvalue weighted by atomic mass is 10.1. The van der Waals surface area contributed by atoms with Gasteiger partial charge < -0.3 is 9.42 Å². The van der Waals surface area contributed by atoms with E-state index in [-0.39, 0.29) is 4.90 Å². The molecule has 4 rings (SSSR count). The number of hydrogen-bond donors (Lipinski definition) is 0. The molecule has 1 saturated heterocycles. The van der Waals surface area contributed by atoms with Gasteiger partial charge in [0.15, 0.2) is 5.76 Å². The maximum atomic E-state index is 13.0. The fourth-order valence-electron chi connectivity index (χ4n) is 3.64. The van der Waals surface area contributed by atoms with Gasteiger partial charge in [0.25, 0.3) is 0 Å². The lowest BCUT2D eigenvalue weighted by molar-refractivity contribution is 0.378. The van der Waals surface area contributed by atoms with Crippen LogP contribution in [0.4, 0.5) is 5.82 Å². The number of rotatable bonds is 3. The zero-order chi connectivity index (χ0) is 19.2. The average Bonchev–Trinajstić information content (AvgIpc) is 3.00. The normalized spacial score (nSPS) is 16.2. The third-order valence-electron chi connectivity index (χ3n) is 4.99. The second-order valence-electron chi connectivity index (χ2n) is 6.87. The zero-order valence-electron chi connectivity index (χ0n) is 15.6. The Bertz CT molecular complexity index is 1080. The molecule has 142 valence electrons. The molecule has 0 amide bonds. The molecule has 1 aromatic carbocycles. The molecule has 0 saturated carbocycles. The summed E-state index contributed by atoms with van der Waals surface area (Å²) in [5.41, 5.74) is 2.45. The molecule has 8 heteroatoms. The van der Waals surface area contributed by atoms with Crippen LogP contribution in [0.3, 0.4) is 0 Å². The van der Waals surface area contributed by atoms with E-state index in [0.29, 0.717) is 37.6 Å². The number of fused-ring (bicyclic) bond motifs is 1. The Morgan fingerprint density at radius 1 is 1.04 bits per heavy atom. The van der Waals surface area contributed by atoms with Crippen LogP contribution in [0.1, 0.15) is 17.0 Å². The summed E-state index contributed by atoms with van der Waals surface area (Å²) in [6.07, 6.45) is 0. The zero-order valence-corrected chi connectivity index (χ0v) is 16.5. The van der Waals surface area contributed by atoms with Crippen molar-refractivity contribution in [2.45, 2.75) is 25.7 Å². The predicted molar refractivity (Wildman–Crippen MR) is 103 cm³/mol. The highest BCUT2D eigenvalue weighted by atomic mass is 32.2. The molecule has 0 aliphatic carbocycles. The highest BCUT2D eigenvalue weighted by Crippen LogP contribution is 2.27. The van der Waals surface area contributed by atoms with Crippen molar-refractivity contribution >= 4 is 26.7 Å². The van der Waals surface area contributed by atoms with Crippen LogP contribution in [-0.2, 0) is 10.0 Å². The molecule has 0 atom stereocenters. The summed E-state index contributed by atoms with van der Waals surface area (Å²) in [6.45, 7) is 7.32. The molecule has 27 heavy (non-hydrogen) atoms. The van der Waals surface area contributed by atoms with Gasteiger partial charge in [-0.1, -0.05) is 23.4 Å². The average molecular weight is 386 g/mol. The molecular formula is C19H22N4O3S. The topological polar surface area (TPSA) is 79.5 Å². The highest BCUT2D eigenvalue weighted by molar-refractivity contribution is 7.89. The molecule has 0 bridgehead atoms. The summed E-state index contributed by atoms with van der Waals surface area (Å²) < 4.78 is 32.5. The largest absolute Gasteiger partial charge is 0.360 e. The first kappa shape index (κ1) is 17.9. The third kappa shape index (κ3) is 3.08. The van der Waals surface area contributed by atoms with Crippen molar-refractivity contribution in [3.63, 3.8) is 0 Å². The number of nitrogens with zero attached hydrogens (tertiary/aromatic N) is 4. The fourth-order valence-corrected chi connectivity index (χ4v) is 5.36. The van der Waals surface area contributed by atoms with Gasteiger partial charge in [0.05, 0.1) is 5.52 Å². The summed E-state index contributed by atoms with van der Waals surface area (Å²) in [4.78, 5) is 7.14. The van der Waals surface area contributed by atoms with Crippen molar-refractivity contribution in [2.75, 3.05) is 31.1 Å². The number of piperazine rings is 1. The monoisotopic (exact) mass is 386 g/mol. The van der Waals surface area contributed by atoms with E-state index in [1.54, 1.807) is 13.8 Å². The van der Waals surface area contributed by atoms with Crippen molar-refractivity contribution in [1.82, 2.24) is 14.4 Å². The number of para-hydroxylation sites is 1. The quantitative estimate of drug-likeness (QED) is 0.689. The Balaban J connectivity index is 1.57. The summed E-state index contributed by atoms with van der Waals surface area (Å²) in [5.74, 6) is 1.25. The third-order valence-corrected chi connectivity index (χ3v) is 7.14. The maximum Gasteiger partial charge on any atom is 0.248 e. The Morgan fingerprint density at radius 3 is 2.41 bits per heavy atom. The number of sulfonamides is 1. The Morgan fingerprint density at radius 2 is 1.74 bits per heavy atom. The molecule has 0 radical (unpaired) electrons. The standard InChI is InChI=1S/C19H22N4O3S/c1-13-12-16-6-4-5-7-17(16)20-19(13)22-8-10-23(11-9-22)27(24,25)18-14(2)21-26-15(18)3/h4-7,12H,8-11H2,1-3H3. The van der Waals surface area contributed by atoms with Gasteiger partial charge in [-0.15, -0.1) is 0 Å². The summed E-state index contributed by atoms with van der Waals surface area (Å²) in [6, 6.07) is 10.2. The second-order valence-corrected chi connectivity index (χ2v) is 8.74. The van der Waals surface area contributed by atoms with E-state index in [2.05, 4.69) is 16.1 Å². The Hall–Kier alpha value is -2.45. The molecule has 1 fully saturated rings. The van der Waals surface area contributed by atoms with Gasteiger partial charge in [-0.3, -0.25) is 0 Å². The summed E-state index contributed by atoms with van der Waals surface area (Å²) in [5, 5.41) is 4.89. The van der Waals surface area contributed by atoms with Gasteiger partial charge in [0.1, 0.15) is 16.4 Å². The first-order chi connectivity index (χ1) is 12.9. The molecule has 7 nitrogen and oxygen atoms in total. The molecule has 3 aromatic rings. The lowest BCUT2D eigenvalue weighted by Crippen LogP contribution is -2.49. The van der Waals surface area contributed by atoms with Gasteiger partial charge in [0.2, 0.25) is 10.0 Å². The van der Waals surface area contributed by atoms with Crippen molar-refractivity contribution in [3.05, 3.63) is 47.3 Å². The second kappa shape index (κ2) is 6.61. The molecule has 0 unspecified atom stereocenters. The van der Waals surface area contributed by atoms with E-state index < -0.39 is 10.0 Å². The van der Waals surface area contributed by atoms with Crippen LogP contribution in [-0.4, -0.2) is 49.0 Å². The van der Waals surface area contributed by atoms with Gasteiger partial charge in [0, 0.05) is 31.6 Å². The van der Waals surface area contributed by atoms with Gasteiger partial charge in [-0.05, 0) is 38.5 Å². The number of aryl methyl sites for hydroxylation is 3. The number of aromatic nitrogens is 2. The molecule has 1 aliphatic heterocycles. The minimum absolute atomic E-state index is 0.191. The van der Waals surface area contributed by atoms with Gasteiger partial charge in [-0.2, -0.15) is 4.31 Å². The van der Waals surface area contributed by atoms with Crippen LogP contribution in [0.15, 0.2) is 39.8 Å². The van der Waals surface area contributed by atoms with Crippen molar-refractivity contribution in [3.8, 4) is 0 Å². The van der Waals surface area contributed by atoms with Crippen LogP contribution < -0.4 is 4.90 Å². The number of anilines is 1. The summed E-state index contributed by atoms with van der Waals surface area (Å²) in [7, 11) is -3.60. The van der Waals surface area contributed by atoms with Crippen molar-refractivity contribution in [2.24, 2.45) is 0 Å². The van der Waals surface area contributed by atoms with E-state index in [9.17, 15) is 8.42 Å². The van der Waals surface area contributed by atoms with E-state index in [1.807, 2.05) is 31.2 Å². The summed E-state index contributed by atoms with van der Waals surface area (Å²) >= 11 is 0. The lowest BCUT2D eigenvalue weighted by Gasteiger charge is -2.35. The minimum atomic E-state index is -3.60. The SMILES string of the molecule is Cc1cc2ccccc2nc1N1CCN(S(=O)(=O)c2c(C)noc2C)CC1. The number of pyridine rings is 1. The molecule has 3 heterocycles. The van der Waals surface area contributed by atoms with Crippen molar-refractivity contribution in [1.29, 1.82) is 0 Å². The van der Waals surface area contributed by atoms with Gasteiger partial charge >= 0.3 is 0 Å². The number of benzene rings is 1. The van der Waals surface area contributed by atoms with E-state index in [1.165, 1.54) is 4.31 Å². The van der Waals surface area contributed by atoms with Crippen molar-refractivity contribution < 1.29 is 12.9 Å². The first-order valence-electron chi connectivity index (χ1n) is 8.92. The van der Waals surface area contributed by atoms with Gasteiger partial charge in [-0.25, -0.2) is 13.4 Å². The first-order valence-corrected chi connectivity index (χ1v) is 10.4. The Kier molecular flexibility index (Phi) is 4.39. The predicted octanol–water partition coefficient (Wildman–Crippen LogP) is 2.66. The molecular weight excluding hydrogens is 364 g/mol. The van der Waals surface area contributed by atoms with Crippen LogP contribution in [0.2, 0.25) is 0 Å². The highest BCUT2D eigenvalue weighted by Gasteiger charge is 2.33. The molecule has 0 spiro atoms. The smallest absolute Gasteiger partial charge is 0.248 e. The minimum Gasteiger partial charge on any atom is -0.360 e. The van der Waals surface area contributed by atoms with Crippen LogP contribution in [0.25, 0.3) is 10.9 Å². The fraction of sp³-hybridized carbons (Fsp3) is 0.368. The molecule has 0 N–H and O–H groups in total. The van der Waals surface area contributed by atoms with E-state index in [0.717, 1.165) is 22.3 Å². The molecule has 2 aromatic heterocycles. The van der Waals surface area contributed by atoms with E-state index in [4.69, 9.17) is 9.51 Å². The van der Waals surface area contributed by atoms with Crippen LogP contribution >= 0.6 is 0 Å². The van der Waals surface area contributed by atoms with Crippen LogP contribution in [0.5, 0.6) is 0 Å². The molecule has 1 aliphatic rings. The number of hydrogen-bond acceptors (Lipinski definition) is 6. The maximum absolute atomic E-state index is 13.0. The van der Waals surface area contributed by atoms with E-state index >= 15 is 0 Å².